The van der Waals surface area contributed by atoms with Crippen LogP contribution in [0, 0.1) is 0 Å². The van der Waals surface area contributed by atoms with E-state index in [2.05, 4.69) is 33.0 Å². The SMILES string of the molecule is CCC(CNC(C)(C)C)Oc1cccc(COC)c1. The van der Waals surface area contributed by atoms with Gasteiger partial charge in [-0.3, -0.25) is 0 Å². The molecule has 0 saturated carbocycles. The summed E-state index contributed by atoms with van der Waals surface area (Å²) in [6.45, 7) is 10.1. The minimum atomic E-state index is 0.120. The molecule has 0 aromatic heterocycles. The van der Waals surface area contributed by atoms with Gasteiger partial charge in [0.1, 0.15) is 11.9 Å². The third-order valence-electron chi connectivity index (χ3n) is 2.83. The molecule has 3 nitrogen and oxygen atoms in total. The molecule has 19 heavy (non-hydrogen) atoms. The predicted molar refractivity (Wildman–Crippen MR) is 79.6 cm³/mol. The maximum atomic E-state index is 6.03. The van der Waals surface area contributed by atoms with E-state index in [1.54, 1.807) is 7.11 Å². The molecule has 0 radical (unpaired) electrons. The van der Waals surface area contributed by atoms with Crippen LogP contribution in [0.25, 0.3) is 0 Å². The molecule has 1 aromatic carbocycles. The smallest absolute Gasteiger partial charge is 0.120 e. The van der Waals surface area contributed by atoms with Crippen LogP contribution in [0.2, 0.25) is 0 Å². The summed E-state index contributed by atoms with van der Waals surface area (Å²) in [7, 11) is 1.70. The Morgan fingerprint density at radius 3 is 2.58 bits per heavy atom. The minimum Gasteiger partial charge on any atom is -0.489 e. The van der Waals surface area contributed by atoms with Gasteiger partial charge in [-0.2, -0.15) is 0 Å². The van der Waals surface area contributed by atoms with E-state index in [0.717, 1.165) is 24.3 Å². The van der Waals surface area contributed by atoms with E-state index in [1.165, 1.54) is 0 Å². The molecule has 3 heteroatoms. The second-order valence-electron chi connectivity index (χ2n) is 5.86. The second-order valence-corrected chi connectivity index (χ2v) is 5.86. The van der Waals surface area contributed by atoms with Crippen molar-refractivity contribution in [3.8, 4) is 5.75 Å². The van der Waals surface area contributed by atoms with Crippen molar-refractivity contribution in [2.45, 2.75) is 52.4 Å². The Balaban J connectivity index is 2.57. The van der Waals surface area contributed by atoms with Crippen LogP contribution in [0.3, 0.4) is 0 Å². The van der Waals surface area contributed by atoms with Crippen LogP contribution >= 0.6 is 0 Å². The zero-order chi connectivity index (χ0) is 14.3. The highest BCUT2D eigenvalue weighted by atomic mass is 16.5. The van der Waals surface area contributed by atoms with Gasteiger partial charge in [-0.15, -0.1) is 0 Å². The molecular formula is C16H27NO2. The molecule has 0 bridgehead atoms. The molecular weight excluding hydrogens is 238 g/mol. The van der Waals surface area contributed by atoms with E-state index in [4.69, 9.17) is 9.47 Å². The fraction of sp³-hybridized carbons (Fsp3) is 0.625. The molecule has 0 spiro atoms. The van der Waals surface area contributed by atoms with Gasteiger partial charge in [-0.25, -0.2) is 0 Å². The van der Waals surface area contributed by atoms with Crippen molar-refractivity contribution in [1.82, 2.24) is 5.32 Å². The Bertz CT molecular complexity index is 371. The standard InChI is InChI=1S/C16H27NO2/c1-6-14(11-17-16(2,3)4)19-15-9-7-8-13(10-15)12-18-5/h7-10,14,17H,6,11-12H2,1-5H3. The largest absolute Gasteiger partial charge is 0.489 e. The normalized spacial score (nSPS) is 13.3. The molecule has 0 aliphatic rings. The van der Waals surface area contributed by atoms with Gasteiger partial charge in [0.2, 0.25) is 0 Å². The third kappa shape index (κ3) is 6.60. The Kier molecular flexibility index (Phi) is 6.32. The Labute approximate surface area is 117 Å². The van der Waals surface area contributed by atoms with E-state index < -0.39 is 0 Å². The maximum Gasteiger partial charge on any atom is 0.120 e. The molecule has 1 N–H and O–H groups in total. The lowest BCUT2D eigenvalue weighted by molar-refractivity contribution is 0.176. The molecule has 0 amide bonds. The van der Waals surface area contributed by atoms with Crippen molar-refractivity contribution in [2.75, 3.05) is 13.7 Å². The first-order valence-corrected chi connectivity index (χ1v) is 6.94. The summed E-state index contributed by atoms with van der Waals surface area (Å²) < 4.78 is 11.2. The Hall–Kier alpha value is -1.06. The average molecular weight is 265 g/mol. The number of hydrogen-bond acceptors (Lipinski definition) is 3. The van der Waals surface area contributed by atoms with Crippen LogP contribution in [-0.4, -0.2) is 25.3 Å². The number of rotatable bonds is 7. The quantitative estimate of drug-likeness (QED) is 0.820. The molecule has 0 saturated heterocycles. The van der Waals surface area contributed by atoms with Crippen molar-refractivity contribution in [2.24, 2.45) is 0 Å². The van der Waals surface area contributed by atoms with Gasteiger partial charge in [0, 0.05) is 19.2 Å². The first kappa shape index (κ1) is 16.0. The number of nitrogens with one attached hydrogen (secondary N) is 1. The highest BCUT2D eigenvalue weighted by Gasteiger charge is 2.14. The molecule has 0 aliphatic heterocycles. The summed E-state index contributed by atoms with van der Waals surface area (Å²) in [5.74, 6) is 0.914. The molecule has 1 aromatic rings. The lowest BCUT2D eigenvalue weighted by Gasteiger charge is -2.25. The highest BCUT2D eigenvalue weighted by molar-refractivity contribution is 5.28. The molecule has 0 fully saturated rings. The monoisotopic (exact) mass is 265 g/mol. The number of methoxy groups -OCH3 is 1. The predicted octanol–water partition coefficient (Wildman–Crippen LogP) is 3.38. The van der Waals surface area contributed by atoms with Crippen LogP contribution in [-0.2, 0) is 11.3 Å². The summed E-state index contributed by atoms with van der Waals surface area (Å²) in [4.78, 5) is 0. The van der Waals surface area contributed by atoms with Crippen molar-refractivity contribution in [3.63, 3.8) is 0 Å². The minimum absolute atomic E-state index is 0.120. The lowest BCUT2D eigenvalue weighted by Crippen LogP contribution is -2.42. The summed E-state index contributed by atoms with van der Waals surface area (Å²) >= 11 is 0. The Morgan fingerprint density at radius 2 is 2.00 bits per heavy atom. The molecule has 0 heterocycles. The summed E-state index contributed by atoms with van der Waals surface area (Å²) in [5, 5.41) is 3.48. The van der Waals surface area contributed by atoms with Crippen LogP contribution in [0.4, 0.5) is 0 Å². The fourth-order valence-corrected chi connectivity index (χ4v) is 1.76. The fourth-order valence-electron chi connectivity index (χ4n) is 1.76. The zero-order valence-electron chi connectivity index (χ0n) is 12.8. The van der Waals surface area contributed by atoms with Gasteiger partial charge in [0.25, 0.3) is 0 Å². The highest BCUT2D eigenvalue weighted by Crippen LogP contribution is 2.16. The van der Waals surface area contributed by atoms with Gasteiger partial charge >= 0.3 is 0 Å². The van der Waals surface area contributed by atoms with Crippen LogP contribution in [0.1, 0.15) is 39.7 Å². The summed E-state index contributed by atoms with van der Waals surface area (Å²) in [5.41, 5.74) is 1.26. The van der Waals surface area contributed by atoms with E-state index in [0.29, 0.717) is 6.61 Å². The van der Waals surface area contributed by atoms with Crippen LogP contribution < -0.4 is 10.1 Å². The topological polar surface area (TPSA) is 30.5 Å². The summed E-state index contributed by atoms with van der Waals surface area (Å²) in [6, 6.07) is 8.10. The van der Waals surface area contributed by atoms with Gasteiger partial charge in [-0.05, 0) is 44.9 Å². The second kappa shape index (κ2) is 7.51. The molecule has 108 valence electrons. The van der Waals surface area contributed by atoms with Crippen LogP contribution in [0.5, 0.6) is 5.75 Å². The van der Waals surface area contributed by atoms with Crippen molar-refractivity contribution in [3.05, 3.63) is 29.8 Å². The number of ether oxygens (including phenoxy) is 2. The van der Waals surface area contributed by atoms with E-state index in [1.807, 2.05) is 24.3 Å². The lowest BCUT2D eigenvalue weighted by atomic mass is 10.1. The molecule has 1 atom stereocenters. The van der Waals surface area contributed by atoms with E-state index in [-0.39, 0.29) is 11.6 Å². The van der Waals surface area contributed by atoms with Gasteiger partial charge in [0.05, 0.1) is 6.61 Å². The first-order chi connectivity index (χ1) is 8.94. The number of hydrogen-bond donors (Lipinski definition) is 1. The maximum absolute atomic E-state index is 6.03. The van der Waals surface area contributed by atoms with Crippen molar-refractivity contribution in [1.29, 1.82) is 0 Å². The third-order valence-corrected chi connectivity index (χ3v) is 2.83. The first-order valence-electron chi connectivity index (χ1n) is 6.94. The summed E-state index contributed by atoms with van der Waals surface area (Å²) in [6.07, 6.45) is 1.18. The zero-order valence-corrected chi connectivity index (χ0v) is 12.8. The molecule has 1 rings (SSSR count). The number of benzene rings is 1. The van der Waals surface area contributed by atoms with E-state index in [9.17, 15) is 0 Å². The van der Waals surface area contributed by atoms with E-state index >= 15 is 0 Å². The molecule has 0 aliphatic carbocycles. The van der Waals surface area contributed by atoms with Crippen molar-refractivity contribution >= 4 is 0 Å². The Morgan fingerprint density at radius 1 is 1.26 bits per heavy atom. The van der Waals surface area contributed by atoms with Crippen molar-refractivity contribution < 1.29 is 9.47 Å². The van der Waals surface area contributed by atoms with Crippen LogP contribution in [0.15, 0.2) is 24.3 Å². The van der Waals surface area contributed by atoms with Gasteiger partial charge < -0.3 is 14.8 Å². The van der Waals surface area contributed by atoms with Gasteiger partial charge in [-0.1, -0.05) is 19.1 Å². The molecule has 1 unspecified atom stereocenters. The van der Waals surface area contributed by atoms with Gasteiger partial charge in [0.15, 0.2) is 0 Å². The average Bonchev–Trinajstić information content (AvgIpc) is 2.34.